The monoisotopic (exact) mass is 229 g/mol. The van der Waals surface area contributed by atoms with Crippen molar-refractivity contribution in [2.75, 3.05) is 5.73 Å². The summed E-state index contributed by atoms with van der Waals surface area (Å²) in [6, 6.07) is 7.11. The molecule has 0 aliphatic rings. The van der Waals surface area contributed by atoms with Crippen LogP contribution < -0.4 is 5.73 Å². The number of hydrogen-bond donors (Lipinski definition) is 2. The van der Waals surface area contributed by atoms with E-state index >= 15 is 0 Å². The Labute approximate surface area is 97.1 Å². The van der Waals surface area contributed by atoms with E-state index in [0.29, 0.717) is 11.4 Å². The number of benzene rings is 1. The van der Waals surface area contributed by atoms with Crippen molar-refractivity contribution in [2.24, 2.45) is 7.05 Å². The molecule has 0 fully saturated rings. The van der Waals surface area contributed by atoms with E-state index in [-0.39, 0.29) is 5.75 Å². The van der Waals surface area contributed by atoms with E-state index < -0.39 is 0 Å². The van der Waals surface area contributed by atoms with E-state index in [9.17, 15) is 5.11 Å². The Hall–Kier alpha value is -2.43. The first-order valence-corrected chi connectivity index (χ1v) is 5.16. The second-order valence-corrected chi connectivity index (χ2v) is 3.94. The van der Waals surface area contributed by atoms with Gasteiger partial charge in [-0.2, -0.15) is 0 Å². The van der Waals surface area contributed by atoms with Gasteiger partial charge in [-0.1, -0.05) is 5.16 Å². The third-order valence-corrected chi connectivity index (χ3v) is 2.86. The minimum Gasteiger partial charge on any atom is -0.508 e. The quantitative estimate of drug-likeness (QED) is 0.670. The highest BCUT2D eigenvalue weighted by Crippen LogP contribution is 2.31. The minimum atomic E-state index is 0.236. The zero-order valence-electron chi connectivity index (χ0n) is 9.21. The van der Waals surface area contributed by atoms with Gasteiger partial charge in [-0.15, -0.1) is 0 Å². The van der Waals surface area contributed by atoms with Crippen LogP contribution in [-0.2, 0) is 7.05 Å². The molecule has 0 spiro atoms. The first kappa shape index (κ1) is 9.77. The summed E-state index contributed by atoms with van der Waals surface area (Å²) in [5.41, 5.74) is 8.10. The van der Waals surface area contributed by atoms with Crippen LogP contribution in [0.25, 0.3) is 22.4 Å². The highest BCUT2D eigenvalue weighted by Gasteiger charge is 2.14. The predicted octanol–water partition coefficient (Wildman–Crippen LogP) is 2.12. The number of phenols is 1. The largest absolute Gasteiger partial charge is 0.508 e. The maximum absolute atomic E-state index is 9.45. The third kappa shape index (κ3) is 1.36. The van der Waals surface area contributed by atoms with Gasteiger partial charge in [0.15, 0.2) is 0 Å². The predicted molar refractivity (Wildman–Crippen MR) is 64.5 cm³/mol. The fourth-order valence-electron chi connectivity index (χ4n) is 2.00. The molecule has 0 amide bonds. The number of aromatic nitrogens is 2. The molecule has 5 nitrogen and oxygen atoms in total. The number of nitrogens with two attached hydrogens (primary N) is 1. The number of nitrogen functional groups attached to an aromatic ring is 1. The summed E-state index contributed by atoms with van der Waals surface area (Å²) in [4.78, 5) is 0. The van der Waals surface area contributed by atoms with Crippen LogP contribution in [0.1, 0.15) is 0 Å². The van der Waals surface area contributed by atoms with E-state index in [1.165, 1.54) is 6.20 Å². The summed E-state index contributed by atoms with van der Waals surface area (Å²) in [5.74, 6) is 0.781. The van der Waals surface area contributed by atoms with Crippen molar-refractivity contribution in [1.82, 2.24) is 9.72 Å². The summed E-state index contributed by atoms with van der Waals surface area (Å²) in [6.45, 7) is 0. The summed E-state index contributed by atoms with van der Waals surface area (Å²) in [7, 11) is 1.91. The van der Waals surface area contributed by atoms with E-state index in [4.69, 9.17) is 10.3 Å². The molecule has 3 aromatic rings. The molecular formula is C12H11N3O2. The van der Waals surface area contributed by atoms with Gasteiger partial charge in [-0.3, -0.25) is 0 Å². The Balaban J connectivity index is 2.31. The topological polar surface area (TPSA) is 77.2 Å². The Bertz CT molecular complexity index is 697. The van der Waals surface area contributed by atoms with Crippen LogP contribution in [0.15, 0.2) is 35.0 Å². The molecule has 0 atom stereocenters. The van der Waals surface area contributed by atoms with E-state index in [0.717, 1.165) is 16.6 Å². The van der Waals surface area contributed by atoms with Crippen LogP contribution in [0.3, 0.4) is 0 Å². The average Bonchev–Trinajstić information content (AvgIpc) is 2.83. The average molecular weight is 229 g/mol. The Morgan fingerprint density at radius 3 is 2.88 bits per heavy atom. The lowest BCUT2D eigenvalue weighted by Gasteiger charge is -2.01. The van der Waals surface area contributed by atoms with Crippen LogP contribution >= 0.6 is 0 Å². The minimum absolute atomic E-state index is 0.236. The normalized spacial score (nSPS) is 11.1. The fourth-order valence-corrected chi connectivity index (χ4v) is 2.00. The summed E-state index contributed by atoms with van der Waals surface area (Å²) >= 11 is 0. The second kappa shape index (κ2) is 3.28. The van der Waals surface area contributed by atoms with Gasteiger partial charge in [0.25, 0.3) is 0 Å². The lowest BCUT2D eigenvalue weighted by atomic mass is 10.2. The lowest BCUT2D eigenvalue weighted by molar-refractivity contribution is 0.430. The number of rotatable bonds is 1. The van der Waals surface area contributed by atoms with Crippen molar-refractivity contribution >= 4 is 16.6 Å². The van der Waals surface area contributed by atoms with Crippen LogP contribution in [-0.4, -0.2) is 14.8 Å². The van der Waals surface area contributed by atoms with Gasteiger partial charge in [-0.05, 0) is 24.3 Å². The number of fused-ring (bicyclic) bond motifs is 1. The smallest absolute Gasteiger partial charge is 0.206 e. The van der Waals surface area contributed by atoms with Crippen LogP contribution in [0.2, 0.25) is 0 Å². The van der Waals surface area contributed by atoms with Gasteiger partial charge in [0.1, 0.15) is 11.4 Å². The molecular weight excluding hydrogens is 218 g/mol. The third-order valence-electron chi connectivity index (χ3n) is 2.86. The van der Waals surface area contributed by atoms with Crippen molar-refractivity contribution in [2.45, 2.75) is 0 Å². The van der Waals surface area contributed by atoms with Gasteiger partial charge in [0.05, 0.1) is 11.9 Å². The first-order chi connectivity index (χ1) is 8.16. The van der Waals surface area contributed by atoms with Gasteiger partial charge >= 0.3 is 0 Å². The lowest BCUT2D eigenvalue weighted by Crippen LogP contribution is -1.92. The molecule has 0 radical (unpaired) electrons. The van der Waals surface area contributed by atoms with Crippen LogP contribution in [0.5, 0.6) is 5.75 Å². The van der Waals surface area contributed by atoms with Crippen LogP contribution in [0.4, 0.5) is 5.69 Å². The molecule has 3 N–H and O–H groups in total. The number of nitrogens with zero attached hydrogens (tertiary/aromatic N) is 2. The van der Waals surface area contributed by atoms with Gasteiger partial charge < -0.3 is 19.9 Å². The first-order valence-electron chi connectivity index (χ1n) is 5.16. The number of aryl methyl sites for hydroxylation is 1. The molecule has 0 unspecified atom stereocenters. The molecule has 0 bridgehead atoms. The number of aromatic hydroxyl groups is 1. The molecule has 0 saturated heterocycles. The highest BCUT2D eigenvalue weighted by molar-refractivity contribution is 5.88. The van der Waals surface area contributed by atoms with Crippen molar-refractivity contribution in [3.8, 4) is 17.2 Å². The summed E-state index contributed by atoms with van der Waals surface area (Å²) < 4.78 is 7.08. The molecule has 2 heterocycles. The van der Waals surface area contributed by atoms with Gasteiger partial charge in [0.2, 0.25) is 5.76 Å². The molecule has 5 heteroatoms. The molecule has 0 saturated carbocycles. The van der Waals surface area contributed by atoms with E-state index in [1.807, 2.05) is 23.7 Å². The van der Waals surface area contributed by atoms with Crippen molar-refractivity contribution < 1.29 is 9.63 Å². The number of hydrogen-bond acceptors (Lipinski definition) is 4. The Morgan fingerprint density at radius 2 is 2.18 bits per heavy atom. The SMILES string of the molecule is Cn1c(-c2oncc2N)cc2cc(O)ccc21. The maximum atomic E-state index is 9.45. The molecule has 17 heavy (non-hydrogen) atoms. The zero-order chi connectivity index (χ0) is 12.0. The molecule has 0 aliphatic carbocycles. The van der Waals surface area contributed by atoms with Crippen molar-refractivity contribution in [3.63, 3.8) is 0 Å². The standard InChI is InChI=1S/C12H11N3O2/c1-15-10-3-2-8(16)4-7(10)5-11(15)12-9(13)6-14-17-12/h2-6,16H,13H2,1H3. The van der Waals surface area contributed by atoms with Gasteiger partial charge in [-0.25, -0.2) is 0 Å². The van der Waals surface area contributed by atoms with E-state index in [2.05, 4.69) is 5.16 Å². The molecule has 2 aromatic heterocycles. The molecule has 0 aliphatic heterocycles. The summed E-state index contributed by atoms with van der Waals surface area (Å²) in [5, 5.41) is 14.0. The molecule has 86 valence electrons. The Morgan fingerprint density at radius 1 is 1.35 bits per heavy atom. The van der Waals surface area contributed by atoms with Gasteiger partial charge in [0, 0.05) is 18.0 Å². The van der Waals surface area contributed by atoms with Crippen molar-refractivity contribution in [1.29, 1.82) is 0 Å². The highest BCUT2D eigenvalue weighted by atomic mass is 16.5. The second-order valence-electron chi connectivity index (χ2n) is 3.94. The Kier molecular flexibility index (Phi) is 1.89. The molecule has 3 rings (SSSR count). The van der Waals surface area contributed by atoms with Crippen LogP contribution in [0, 0.1) is 0 Å². The van der Waals surface area contributed by atoms with E-state index in [1.54, 1.807) is 12.1 Å². The fraction of sp³-hybridized carbons (Fsp3) is 0.0833. The number of phenolic OH excluding ortho intramolecular Hbond substituents is 1. The maximum Gasteiger partial charge on any atom is 0.206 e. The van der Waals surface area contributed by atoms with Crippen molar-refractivity contribution in [3.05, 3.63) is 30.5 Å². The number of anilines is 1. The zero-order valence-corrected chi connectivity index (χ0v) is 9.21. The molecule has 1 aromatic carbocycles. The summed E-state index contributed by atoms with van der Waals surface area (Å²) in [6.07, 6.45) is 1.48.